The van der Waals surface area contributed by atoms with Gasteiger partial charge in [-0.05, 0) is 219 Å². The molecule has 0 radical (unpaired) electrons. The fourth-order valence-electron chi connectivity index (χ4n) is 16.6. The minimum Gasteiger partial charge on any atom is -0.476 e. The van der Waals surface area contributed by atoms with Crippen molar-refractivity contribution in [1.29, 1.82) is 26.3 Å². The predicted octanol–water partition coefficient (Wildman–Crippen LogP) is 12.2. The Labute approximate surface area is 592 Å². The number of nitriles is 5. The molecule has 1 N–H and O–H groups in total. The molecule has 5 aliphatic heterocycles. The van der Waals surface area contributed by atoms with Crippen LogP contribution >= 0.6 is 0 Å². The molecule has 10 unspecified atom stereocenters. The van der Waals surface area contributed by atoms with E-state index in [1.807, 2.05) is 51.3 Å². The number of ether oxygens (including phenoxy) is 3. The lowest BCUT2D eigenvalue weighted by molar-refractivity contribution is 0.0519. The third-order valence-electron chi connectivity index (χ3n) is 23.4. The number of carboxylic acids is 1. The Balaban J connectivity index is 0.000000117. The molecule has 0 bridgehead atoms. The molecule has 5 saturated carbocycles. The average Bonchev–Trinajstić information content (AvgIpc) is 1.66. The molecule has 101 heavy (non-hydrogen) atoms. The van der Waals surface area contributed by atoms with E-state index in [1.165, 1.54) is 44.6 Å². The number of hydrogen-bond acceptors (Lipinski definition) is 17. The number of hydrogen-bond donors (Lipinski definition) is 1. The van der Waals surface area contributed by atoms with Gasteiger partial charge in [-0.1, -0.05) is 30.3 Å². The van der Waals surface area contributed by atoms with E-state index < -0.39 is 11.9 Å². The van der Waals surface area contributed by atoms with Gasteiger partial charge in [-0.25, -0.2) is 19.6 Å². The predicted molar refractivity (Wildman–Crippen MR) is 383 cm³/mol. The summed E-state index contributed by atoms with van der Waals surface area (Å²) in [7, 11) is 1.69. The normalized spacial score (nSPS) is 23.5. The van der Waals surface area contributed by atoms with Gasteiger partial charge in [0.1, 0.15) is 30.3 Å². The Kier molecular flexibility index (Phi) is 19.2. The van der Waals surface area contributed by atoms with Crippen LogP contribution in [0.1, 0.15) is 143 Å². The largest absolute Gasteiger partial charge is 0.476 e. The van der Waals surface area contributed by atoms with E-state index in [1.54, 1.807) is 31.1 Å². The van der Waals surface area contributed by atoms with Crippen LogP contribution in [0.25, 0.3) is 0 Å². The number of anilines is 5. The van der Waals surface area contributed by atoms with E-state index in [0.29, 0.717) is 45.2 Å². The lowest BCUT2D eigenvalue weighted by atomic mass is 10.00. The number of rotatable bonds is 18. The van der Waals surface area contributed by atoms with Gasteiger partial charge in [0, 0.05) is 98.0 Å². The third kappa shape index (κ3) is 14.2. The Hall–Kier alpha value is -10.2. The molecule has 10 atom stereocenters. The van der Waals surface area contributed by atoms with Crippen LogP contribution < -0.4 is 24.5 Å². The molecule has 0 spiro atoms. The highest BCUT2D eigenvalue weighted by Crippen LogP contribution is 2.51. The molecule has 17 rings (SSSR count). The molecule has 10 aliphatic rings. The summed E-state index contributed by atoms with van der Waals surface area (Å²) in [6.07, 6.45) is 13.1. The molecule has 5 aliphatic carbocycles. The summed E-state index contributed by atoms with van der Waals surface area (Å²) >= 11 is 0. The number of fused-ring (bicyclic) bond motifs is 5. The number of imidazole rings is 2. The fourth-order valence-corrected chi connectivity index (χ4v) is 16.6. The smallest absolute Gasteiger partial charge is 0.358 e. The van der Waals surface area contributed by atoms with Crippen molar-refractivity contribution in [3.8, 4) is 30.3 Å². The van der Waals surface area contributed by atoms with Crippen LogP contribution in [0.4, 0.5) is 28.4 Å². The quantitative estimate of drug-likeness (QED) is 0.0784. The summed E-state index contributed by atoms with van der Waals surface area (Å²) in [6.45, 7) is 25.6. The first-order valence-electron chi connectivity index (χ1n) is 35.9. The summed E-state index contributed by atoms with van der Waals surface area (Å²) in [5.74, 6) is 6.96. The second-order valence-corrected chi connectivity index (χ2v) is 29.9. The van der Waals surface area contributed by atoms with Gasteiger partial charge >= 0.3 is 11.9 Å². The average molecular weight is 1350 g/mol. The number of methoxy groups -OCH3 is 1. The van der Waals surface area contributed by atoms with E-state index in [0.717, 1.165) is 237 Å². The van der Waals surface area contributed by atoms with Gasteiger partial charge < -0.3 is 53.0 Å². The summed E-state index contributed by atoms with van der Waals surface area (Å²) < 4.78 is 19.8. The van der Waals surface area contributed by atoms with Crippen molar-refractivity contribution in [2.75, 3.05) is 104 Å². The number of benzene rings is 5. The minimum atomic E-state index is -1.04. The summed E-state index contributed by atoms with van der Waals surface area (Å²) in [4.78, 5) is 42.5. The number of aromatic nitrogens is 4. The molecular formula is C81H88N14O6. The van der Waals surface area contributed by atoms with Gasteiger partial charge in [0.15, 0.2) is 11.4 Å². The lowest BCUT2D eigenvalue weighted by Gasteiger charge is -2.24. The molecule has 20 nitrogen and oxygen atoms in total. The van der Waals surface area contributed by atoms with Gasteiger partial charge in [-0.15, -0.1) is 0 Å². The molecule has 2 aromatic heterocycles. The van der Waals surface area contributed by atoms with Crippen LogP contribution in [0.15, 0.2) is 85.7 Å². The molecule has 0 amide bonds. The molecule has 7 heterocycles. The number of carboxylic acid groups (broad SMARTS) is 1. The minimum absolute atomic E-state index is 0.0288. The SMILES string of the molecule is CCOC(=O)c1cn(Cc2ccc(N3CC4CC4C3)c(C#N)c2C)cn1.COCc1ccc(N2CC3CC3C2)c(C#N)c1C.Cc1c(COCc2ccc(N3CC4CC4C3)c(C#N)c2C)ccc(N2CC3CC3C2)c1C#N.Cc1c(Cn2cnc(C(=O)O)c2)ccc(N2CC3CC3C2)c1C#N. The standard InChI is InChI=1S/C28H30N4O.C20H22N4O2.C18H18N4O2.C15H18N2O/c1-17-19(3-5-27(25(17)9-29)31-11-21-7-22(21)12-31)15-33-16-20-4-6-28(26(10-30)18(20)2)32-13-23-8-24(23)14-32;1-3-26-20(25)18-11-23(12-22-18)8-14-4-5-19(17(7-21)13(14)2)24-9-15-6-16(15)10-24;1-11-12(6-21-9-16(18(23)24)20-10-21)2-3-17(15(11)5-19)22-7-13-4-14(13)8-22;1-10-11(9-18-2)3-4-15(14(10)6-16)17-7-12-5-13(12)8-17/h3-6,21-24H,7-8,11-16H2,1-2H3;4-5,11-12,15-16H,3,6,8-10H2,1-2H3;2-3,9-10,13-14H,4,6-8H2,1H3,(H,23,24);3-4,12-13H,5,7-9H2,1-2H3. The van der Waals surface area contributed by atoms with E-state index in [-0.39, 0.29) is 5.69 Å². The van der Waals surface area contributed by atoms with Crippen LogP contribution in [0, 0.1) is 150 Å². The molecule has 10 fully saturated rings. The zero-order valence-electron chi connectivity index (χ0n) is 59.0. The Morgan fingerprint density at radius 1 is 0.426 bits per heavy atom. The van der Waals surface area contributed by atoms with E-state index in [2.05, 4.69) is 113 Å². The molecule has 5 aromatic carbocycles. The van der Waals surface area contributed by atoms with Crippen LogP contribution in [0.5, 0.6) is 0 Å². The van der Waals surface area contributed by atoms with E-state index in [9.17, 15) is 35.9 Å². The summed E-state index contributed by atoms with van der Waals surface area (Å²) in [6, 6.07) is 32.8. The molecule has 5 saturated heterocycles. The van der Waals surface area contributed by atoms with Crippen molar-refractivity contribution in [3.05, 3.63) is 181 Å². The Morgan fingerprint density at radius 2 is 0.693 bits per heavy atom. The van der Waals surface area contributed by atoms with Crippen LogP contribution in [-0.2, 0) is 47.1 Å². The van der Waals surface area contributed by atoms with E-state index in [4.69, 9.17) is 19.3 Å². The van der Waals surface area contributed by atoms with Crippen molar-refractivity contribution < 1.29 is 28.9 Å². The highest BCUT2D eigenvalue weighted by atomic mass is 16.5. The van der Waals surface area contributed by atoms with E-state index >= 15 is 0 Å². The lowest BCUT2D eigenvalue weighted by Crippen LogP contribution is -2.23. The number of aromatic carboxylic acids is 1. The number of nitrogens with zero attached hydrogens (tertiary/aromatic N) is 14. The topological polar surface area (TPSA) is 253 Å². The Bertz CT molecular complexity index is 4470. The van der Waals surface area contributed by atoms with Gasteiger partial charge in [0.25, 0.3) is 0 Å². The molecule has 20 heteroatoms. The zero-order chi connectivity index (χ0) is 70.5. The number of carbonyl (C=O) groups is 2. The summed E-state index contributed by atoms with van der Waals surface area (Å²) in [5.41, 5.74) is 19.9. The maximum absolute atomic E-state index is 11.8. The number of carbonyl (C=O) groups excluding carboxylic acids is 1. The second-order valence-electron chi connectivity index (χ2n) is 29.9. The van der Waals surface area contributed by atoms with Gasteiger partial charge in [0.05, 0.1) is 95.3 Å². The maximum Gasteiger partial charge on any atom is 0.358 e. The third-order valence-corrected chi connectivity index (χ3v) is 23.4. The van der Waals surface area contributed by atoms with Crippen molar-refractivity contribution >= 4 is 40.4 Å². The van der Waals surface area contributed by atoms with Crippen molar-refractivity contribution in [2.45, 2.75) is 107 Å². The molecular weight excluding hydrogens is 1260 g/mol. The van der Waals surface area contributed by atoms with Gasteiger partial charge in [-0.3, -0.25) is 0 Å². The second kappa shape index (κ2) is 28.5. The first-order valence-corrected chi connectivity index (χ1v) is 35.9. The highest BCUT2D eigenvalue weighted by Gasteiger charge is 2.49. The fraction of sp³-hybridized carbons (Fsp3) is 0.469. The molecule has 518 valence electrons. The first kappa shape index (κ1) is 68.0. The monoisotopic (exact) mass is 1350 g/mol. The van der Waals surface area contributed by atoms with Gasteiger partial charge in [0.2, 0.25) is 0 Å². The highest BCUT2D eigenvalue weighted by molar-refractivity contribution is 5.87. The van der Waals surface area contributed by atoms with Crippen molar-refractivity contribution in [1.82, 2.24) is 19.1 Å². The number of piperidine rings is 5. The molecule has 7 aromatic rings. The maximum atomic E-state index is 11.8. The number of esters is 1. The zero-order valence-corrected chi connectivity index (χ0v) is 59.0. The van der Waals surface area contributed by atoms with Crippen LogP contribution in [0.3, 0.4) is 0 Å². The van der Waals surface area contributed by atoms with Crippen molar-refractivity contribution in [3.63, 3.8) is 0 Å². The van der Waals surface area contributed by atoms with Crippen LogP contribution in [-0.4, -0.2) is 115 Å². The van der Waals surface area contributed by atoms with Crippen molar-refractivity contribution in [2.24, 2.45) is 59.2 Å². The first-order chi connectivity index (χ1) is 49.0. The summed E-state index contributed by atoms with van der Waals surface area (Å²) in [5, 5.41) is 57.4. The van der Waals surface area contributed by atoms with Gasteiger partial charge in [-0.2, -0.15) is 26.3 Å². The Morgan fingerprint density at radius 3 is 0.960 bits per heavy atom. The van der Waals surface area contributed by atoms with Crippen LogP contribution in [0.2, 0.25) is 0 Å².